The van der Waals surface area contributed by atoms with E-state index in [4.69, 9.17) is 0 Å². The molecule has 2 aliphatic rings. The van der Waals surface area contributed by atoms with Gasteiger partial charge in [-0.1, -0.05) is 73.8 Å². The summed E-state index contributed by atoms with van der Waals surface area (Å²) in [6.07, 6.45) is 5.97. The lowest BCUT2D eigenvalue weighted by molar-refractivity contribution is -0.143. The summed E-state index contributed by atoms with van der Waals surface area (Å²) in [7, 11) is 1.76. The molecule has 13 heteroatoms. The van der Waals surface area contributed by atoms with Gasteiger partial charge in [0.2, 0.25) is 17.6 Å². The van der Waals surface area contributed by atoms with Gasteiger partial charge in [-0.15, -0.1) is 6.58 Å². The molecule has 47 heavy (non-hydrogen) atoms. The highest BCUT2D eigenvalue weighted by molar-refractivity contribution is 6.38. The fraction of sp³-hybridized carbons (Fsp3) is 0.765. The van der Waals surface area contributed by atoms with Gasteiger partial charge in [0.1, 0.15) is 12.1 Å². The van der Waals surface area contributed by atoms with Crippen LogP contribution >= 0.6 is 0 Å². The molecule has 0 aromatic rings. The highest BCUT2D eigenvalue weighted by Crippen LogP contribution is 2.27. The van der Waals surface area contributed by atoms with Gasteiger partial charge in [0.25, 0.3) is 5.91 Å². The first-order valence-corrected chi connectivity index (χ1v) is 17.0. The van der Waals surface area contributed by atoms with Crippen LogP contribution in [0.3, 0.4) is 0 Å². The topological polar surface area (TPSA) is 160 Å². The van der Waals surface area contributed by atoms with E-state index in [1.165, 1.54) is 11.0 Å². The minimum absolute atomic E-state index is 0.0829. The van der Waals surface area contributed by atoms with E-state index in [-0.39, 0.29) is 18.0 Å². The molecule has 4 N–H and O–H groups in total. The Hall–Kier alpha value is -3.64. The van der Waals surface area contributed by atoms with Crippen molar-refractivity contribution >= 4 is 35.6 Å². The van der Waals surface area contributed by atoms with Gasteiger partial charge in [0.05, 0.1) is 12.1 Å². The molecule has 0 aliphatic carbocycles. The number of nitrogens with one attached hydrogen (secondary N) is 4. The van der Waals surface area contributed by atoms with Crippen molar-refractivity contribution in [2.24, 2.45) is 10.8 Å². The molecule has 1 unspecified atom stereocenters. The van der Waals surface area contributed by atoms with Crippen LogP contribution < -0.4 is 21.3 Å². The van der Waals surface area contributed by atoms with E-state index in [9.17, 15) is 28.8 Å². The van der Waals surface area contributed by atoms with E-state index in [1.54, 1.807) is 16.8 Å². The van der Waals surface area contributed by atoms with Crippen LogP contribution in [-0.2, 0) is 19.2 Å². The number of unbranched alkanes of at least 4 members (excludes halogenated alkanes) is 2. The lowest BCUT2D eigenvalue weighted by Crippen LogP contribution is -2.62. The van der Waals surface area contributed by atoms with Crippen LogP contribution in [0, 0.1) is 10.8 Å². The molecular formula is C34H59N7O6. The Kier molecular flexibility index (Phi) is 14.7. The number of carbonyl (C=O) groups excluding carboxylic acids is 6. The first kappa shape index (κ1) is 39.5. The van der Waals surface area contributed by atoms with Crippen LogP contribution in [0.1, 0.15) is 93.4 Å². The van der Waals surface area contributed by atoms with E-state index in [1.807, 2.05) is 48.5 Å². The zero-order chi connectivity index (χ0) is 35.5. The van der Waals surface area contributed by atoms with Crippen LogP contribution in [0.5, 0.6) is 0 Å². The Balaban J connectivity index is 2.20. The van der Waals surface area contributed by atoms with Crippen LogP contribution in [0.15, 0.2) is 12.7 Å². The summed E-state index contributed by atoms with van der Waals surface area (Å²) in [6, 6.07) is -3.85. The van der Waals surface area contributed by atoms with Crippen LogP contribution in [0.25, 0.3) is 0 Å². The molecule has 2 aliphatic heterocycles. The van der Waals surface area contributed by atoms with Gasteiger partial charge >= 0.3 is 12.1 Å². The highest BCUT2D eigenvalue weighted by atomic mass is 16.2. The van der Waals surface area contributed by atoms with Gasteiger partial charge in [-0.3, -0.25) is 19.2 Å². The number of hydrogen-bond donors (Lipinski definition) is 4. The molecule has 7 amide bonds. The molecule has 2 heterocycles. The van der Waals surface area contributed by atoms with E-state index in [0.29, 0.717) is 51.9 Å². The molecule has 0 saturated carbocycles. The predicted molar refractivity (Wildman–Crippen MR) is 181 cm³/mol. The number of ketones is 1. The maximum absolute atomic E-state index is 14.1. The van der Waals surface area contributed by atoms with Gasteiger partial charge < -0.3 is 36.0 Å². The predicted octanol–water partition coefficient (Wildman–Crippen LogP) is 2.80. The first-order chi connectivity index (χ1) is 21.9. The molecule has 2 fully saturated rings. The van der Waals surface area contributed by atoms with Gasteiger partial charge in [0.15, 0.2) is 0 Å². The summed E-state index contributed by atoms with van der Waals surface area (Å²) >= 11 is 0. The third-order valence-electron chi connectivity index (χ3n) is 8.86. The van der Waals surface area contributed by atoms with E-state index >= 15 is 0 Å². The van der Waals surface area contributed by atoms with E-state index in [0.717, 1.165) is 19.3 Å². The lowest BCUT2D eigenvalue weighted by Gasteiger charge is -2.40. The molecule has 0 aromatic carbocycles. The van der Waals surface area contributed by atoms with Crippen molar-refractivity contribution in [3.05, 3.63) is 12.7 Å². The molecule has 0 spiro atoms. The van der Waals surface area contributed by atoms with Gasteiger partial charge in [-0.2, -0.15) is 0 Å². The summed E-state index contributed by atoms with van der Waals surface area (Å²) in [6.45, 7) is 19.1. The van der Waals surface area contributed by atoms with Gasteiger partial charge in [-0.05, 0) is 36.5 Å². The molecule has 0 bridgehead atoms. The number of rotatable bonds is 15. The Labute approximate surface area is 281 Å². The maximum Gasteiger partial charge on any atom is 0.319 e. The molecule has 13 nitrogen and oxygen atoms in total. The largest absolute Gasteiger partial charge is 0.346 e. The second-order valence-corrected chi connectivity index (χ2v) is 14.9. The van der Waals surface area contributed by atoms with Crippen molar-refractivity contribution in [1.82, 2.24) is 36.0 Å². The number of carbonyl (C=O) groups is 6. The Morgan fingerprint density at radius 3 is 2.21 bits per heavy atom. The molecule has 0 radical (unpaired) electrons. The highest BCUT2D eigenvalue weighted by Gasteiger charge is 2.43. The summed E-state index contributed by atoms with van der Waals surface area (Å²) in [4.78, 5) is 84.2. The Morgan fingerprint density at radius 1 is 0.936 bits per heavy atom. The number of likely N-dealkylation sites (tertiary alicyclic amines) is 1. The fourth-order valence-corrected chi connectivity index (χ4v) is 5.85. The molecule has 0 aromatic heterocycles. The average Bonchev–Trinajstić information content (AvgIpc) is 3.48. The molecule has 266 valence electrons. The van der Waals surface area contributed by atoms with Crippen molar-refractivity contribution < 1.29 is 28.8 Å². The number of amides is 7. The fourth-order valence-electron chi connectivity index (χ4n) is 5.85. The Morgan fingerprint density at radius 2 is 1.62 bits per heavy atom. The van der Waals surface area contributed by atoms with E-state index < -0.39 is 59.1 Å². The van der Waals surface area contributed by atoms with Gasteiger partial charge in [-0.25, -0.2) is 9.59 Å². The number of urea groups is 2. The average molecular weight is 662 g/mol. The van der Waals surface area contributed by atoms with Crippen LogP contribution in [0.2, 0.25) is 0 Å². The standard InChI is InChI=1S/C34H59N7O6/c1-10-12-13-16-23(26(42)29(44)35-18-11-2)36-28(43)24-17-14-21-41(24)30(45)27(34(6,7)8)38-31(46)37-25(33(3,4)5)22-40-20-15-19-39(9)32(40)47/h11,23-25,27H,2,10,12-22H2,1,3-9H3,(H,35,44)(H,36,43)(H2,37,38,46)/t23?,24-,25+,27+/m0/s1. The third-order valence-corrected chi connectivity index (χ3v) is 8.86. The zero-order valence-corrected chi connectivity index (χ0v) is 29.9. The smallest absolute Gasteiger partial charge is 0.319 e. The summed E-state index contributed by atoms with van der Waals surface area (Å²) in [5.41, 5.74) is -1.09. The third kappa shape index (κ3) is 11.5. The van der Waals surface area contributed by atoms with Crippen molar-refractivity contribution in [3.8, 4) is 0 Å². The van der Waals surface area contributed by atoms with Crippen LogP contribution in [-0.4, -0.2) is 114 Å². The molecular weight excluding hydrogens is 602 g/mol. The summed E-state index contributed by atoms with van der Waals surface area (Å²) in [5, 5.41) is 11.1. The quantitative estimate of drug-likeness (QED) is 0.120. The Bertz CT molecular complexity index is 1140. The first-order valence-electron chi connectivity index (χ1n) is 17.0. The lowest BCUT2D eigenvalue weighted by atomic mass is 9.85. The van der Waals surface area contributed by atoms with Crippen molar-refractivity contribution in [2.75, 3.05) is 39.8 Å². The van der Waals surface area contributed by atoms with Crippen LogP contribution in [0.4, 0.5) is 9.59 Å². The molecule has 2 saturated heterocycles. The minimum Gasteiger partial charge on any atom is -0.346 e. The number of Topliss-reactive ketones (excluding diaryl/α,β-unsaturated/α-hetero) is 1. The van der Waals surface area contributed by atoms with Crippen molar-refractivity contribution in [1.29, 1.82) is 0 Å². The number of nitrogens with zero attached hydrogens (tertiary/aromatic N) is 3. The maximum atomic E-state index is 14.1. The monoisotopic (exact) mass is 661 g/mol. The zero-order valence-electron chi connectivity index (χ0n) is 29.9. The van der Waals surface area contributed by atoms with Gasteiger partial charge in [0, 0.05) is 39.8 Å². The second kappa shape index (κ2) is 17.5. The molecule has 4 atom stereocenters. The second-order valence-electron chi connectivity index (χ2n) is 14.9. The van der Waals surface area contributed by atoms with Crippen molar-refractivity contribution in [2.45, 2.75) is 118 Å². The van der Waals surface area contributed by atoms with E-state index in [2.05, 4.69) is 27.8 Å². The summed E-state index contributed by atoms with van der Waals surface area (Å²) in [5.74, 6) is -2.42. The SMILES string of the molecule is C=CCNC(=O)C(=O)C(CCCCC)NC(=O)[C@@H]1CCCN1C(=O)[C@@H](NC(=O)N[C@H](CN1CCCN(C)C1=O)C(C)(C)C)C(C)(C)C. The normalized spacial score (nSPS) is 19.0. The minimum atomic E-state index is -1.01. The number of hydrogen-bond acceptors (Lipinski definition) is 6. The molecule has 2 rings (SSSR count). The van der Waals surface area contributed by atoms with Crippen molar-refractivity contribution in [3.63, 3.8) is 0 Å². The summed E-state index contributed by atoms with van der Waals surface area (Å²) < 4.78 is 0.